The topological polar surface area (TPSA) is 65.5 Å². The molecule has 2 heterocycles. The second kappa shape index (κ2) is 8.31. The molecule has 0 bridgehead atoms. The molecule has 0 spiro atoms. The second-order valence-electron chi connectivity index (χ2n) is 6.38. The zero-order valence-electron chi connectivity index (χ0n) is 15.2. The van der Waals surface area contributed by atoms with Crippen LogP contribution >= 0.6 is 11.3 Å². The van der Waals surface area contributed by atoms with E-state index in [1.807, 2.05) is 22.4 Å². The molecule has 1 saturated heterocycles. The zero-order chi connectivity index (χ0) is 18.5. The maximum Gasteiger partial charge on any atom is 0.228 e. The molecule has 0 unspecified atom stereocenters. The van der Waals surface area contributed by atoms with Gasteiger partial charge in [-0.2, -0.15) is 0 Å². The zero-order valence-corrected chi connectivity index (χ0v) is 16.0. The molecule has 26 heavy (non-hydrogen) atoms. The number of aromatic nitrogens is 1. The number of nitrogens with one attached hydrogen (secondary N) is 1. The summed E-state index contributed by atoms with van der Waals surface area (Å²) in [5, 5.41) is 6.00. The van der Waals surface area contributed by atoms with Crippen LogP contribution in [0.3, 0.4) is 0 Å². The number of rotatable bonds is 5. The van der Waals surface area contributed by atoms with Gasteiger partial charge in [0, 0.05) is 44.2 Å². The molecule has 0 saturated carbocycles. The summed E-state index contributed by atoms with van der Waals surface area (Å²) in [6.07, 6.45) is 1.32. The molecular weight excluding hydrogens is 348 g/mol. The molecular formula is C19H24N4O2S. The Labute approximate surface area is 157 Å². The summed E-state index contributed by atoms with van der Waals surface area (Å²) >= 11 is 1.50. The summed E-state index contributed by atoms with van der Waals surface area (Å²) in [5.74, 6) is 0.136. The van der Waals surface area contributed by atoms with Gasteiger partial charge >= 0.3 is 0 Å². The lowest BCUT2D eigenvalue weighted by molar-refractivity contribution is -0.138. The smallest absolute Gasteiger partial charge is 0.228 e. The second-order valence-corrected chi connectivity index (χ2v) is 7.24. The van der Waals surface area contributed by atoms with Crippen molar-refractivity contribution in [3.8, 4) is 0 Å². The largest absolute Gasteiger partial charge is 0.339 e. The number of benzene rings is 1. The average molecular weight is 372 g/mol. The van der Waals surface area contributed by atoms with E-state index in [4.69, 9.17) is 0 Å². The highest BCUT2D eigenvalue weighted by Crippen LogP contribution is 2.22. The van der Waals surface area contributed by atoms with Gasteiger partial charge in [-0.15, -0.1) is 11.3 Å². The number of thiazole rings is 1. The van der Waals surface area contributed by atoms with E-state index in [0.717, 1.165) is 22.9 Å². The summed E-state index contributed by atoms with van der Waals surface area (Å²) in [5.41, 5.74) is 3.07. The lowest BCUT2D eigenvalue weighted by atomic mass is 10.1. The van der Waals surface area contributed by atoms with E-state index in [2.05, 4.69) is 29.4 Å². The van der Waals surface area contributed by atoms with Gasteiger partial charge in [0.05, 0.1) is 12.1 Å². The molecule has 0 aliphatic carbocycles. The third kappa shape index (κ3) is 4.60. The van der Waals surface area contributed by atoms with Crippen molar-refractivity contribution >= 4 is 34.0 Å². The van der Waals surface area contributed by atoms with Gasteiger partial charge in [0.1, 0.15) is 0 Å². The normalized spacial score (nSPS) is 14.4. The first kappa shape index (κ1) is 18.4. The summed E-state index contributed by atoms with van der Waals surface area (Å²) in [4.78, 5) is 31.9. The van der Waals surface area contributed by atoms with Crippen LogP contribution in [0.2, 0.25) is 0 Å². The Bertz CT molecular complexity index is 764. The monoisotopic (exact) mass is 372 g/mol. The first-order chi connectivity index (χ1) is 12.5. The van der Waals surface area contributed by atoms with Crippen molar-refractivity contribution in [2.75, 3.05) is 31.5 Å². The predicted octanol–water partition coefficient (Wildman–Crippen LogP) is 2.68. The summed E-state index contributed by atoms with van der Waals surface area (Å²) < 4.78 is 0. The molecule has 138 valence electrons. The lowest BCUT2D eigenvalue weighted by Gasteiger charge is -2.34. The van der Waals surface area contributed by atoms with Gasteiger partial charge in [-0.25, -0.2) is 4.98 Å². The fraction of sp³-hybridized carbons (Fsp3) is 0.421. The standard InChI is InChI=1S/C19H24N4O2S/c1-3-15-4-6-16(7-5-15)20-19-21-17(13-26-19)12-18(25)23-10-8-22(9-11-23)14(2)24/h4-7,13H,3,8-12H2,1-2H3,(H,20,21). The first-order valence-electron chi connectivity index (χ1n) is 8.89. The molecule has 1 aliphatic heterocycles. The van der Waals surface area contributed by atoms with Crippen molar-refractivity contribution in [2.24, 2.45) is 0 Å². The Morgan fingerprint density at radius 1 is 1.12 bits per heavy atom. The quantitative estimate of drug-likeness (QED) is 0.876. The number of carbonyl (C=O) groups excluding carboxylic acids is 2. The van der Waals surface area contributed by atoms with Gasteiger partial charge in [-0.05, 0) is 24.1 Å². The Morgan fingerprint density at radius 3 is 2.38 bits per heavy atom. The molecule has 3 rings (SSSR count). The molecule has 7 heteroatoms. The number of anilines is 2. The van der Waals surface area contributed by atoms with Crippen LogP contribution in [-0.2, 0) is 22.4 Å². The predicted molar refractivity (Wildman–Crippen MR) is 104 cm³/mol. The van der Waals surface area contributed by atoms with Crippen molar-refractivity contribution in [1.82, 2.24) is 14.8 Å². The van der Waals surface area contributed by atoms with Gasteiger partial charge < -0.3 is 15.1 Å². The van der Waals surface area contributed by atoms with Crippen molar-refractivity contribution in [3.63, 3.8) is 0 Å². The fourth-order valence-electron chi connectivity index (χ4n) is 2.93. The minimum absolute atomic E-state index is 0.0670. The van der Waals surface area contributed by atoms with Gasteiger partial charge in [0.25, 0.3) is 0 Å². The van der Waals surface area contributed by atoms with Crippen LogP contribution < -0.4 is 5.32 Å². The highest BCUT2D eigenvalue weighted by molar-refractivity contribution is 7.13. The number of amides is 2. The van der Waals surface area contributed by atoms with Crippen LogP contribution in [0, 0.1) is 0 Å². The molecule has 1 aliphatic rings. The number of hydrogen-bond donors (Lipinski definition) is 1. The third-order valence-corrected chi connectivity index (χ3v) is 5.38. The van der Waals surface area contributed by atoms with Gasteiger partial charge in [0.2, 0.25) is 11.8 Å². The Hall–Kier alpha value is -2.41. The number of aryl methyl sites for hydroxylation is 1. The van der Waals surface area contributed by atoms with Crippen molar-refractivity contribution in [1.29, 1.82) is 0 Å². The van der Waals surface area contributed by atoms with Crippen LogP contribution in [0.4, 0.5) is 10.8 Å². The molecule has 1 aromatic carbocycles. The highest BCUT2D eigenvalue weighted by Gasteiger charge is 2.22. The van der Waals surface area contributed by atoms with Gasteiger partial charge in [0.15, 0.2) is 5.13 Å². The van der Waals surface area contributed by atoms with E-state index >= 15 is 0 Å². The third-order valence-electron chi connectivity index (χ3n) is 4.58. The van der Waals surface area contributed by atoms with Crippen LogP contribution in [0.15, 0.2) is 29.6 Å². The maximum atomic E-state index is 12.4. The minimum Gasteiger partial charge on any atom is -0.339 e. The highest BCUT2D eigenvalue weighted by atomic mass is 32.1. The van der Waals surface area contributed by atoms with Crippen LogP contribution in [0.25, 0.3) is 0 Å². The molecule has 0 radical (unpaired) electrons. The Kier molecular flexibility index (Phi) is 5.88. The van der Waals surface area contributed by atoms with Crippen molar-refractivity contribution < 1.29 is 9.59 Å². The average Bonchev–Trinajstić information content (AvgIpc) is 3.09. The SMILES string of the molecule is CCc1ccc(Nc2nc(CC(=O)N3CCN(C(C)=O)CC3)cs2)cc1. The first-order valence-corrected chi connectivity index (χ1v) is 9.76. The molecule has 1 fully saturated rings. The molecule has 2 aromatic rings. The van der Waals surface area contributed by atoms with Crippen molar-refractivity contribution in [2.45, 2.75) is 26.7 Å². The van der Waals surface area contributed by atoms with Crippen LogP contribution in [-0.4, -0.2) is 52.8 Å². The Balaban J connectivity index is 1.53. The summed E-state index contributed by atoms with van der Waals surface area (Å²) in [6, 6.07) is 8.28. The van der Waals surface area contributed by atoms with Gasteiger partial charge in [-0.3, -0.25) is 9.59 Å². The molecule has 2 amide bonds. The van der Waals surface area contributed by atoms with E-state index in [1.165, 1.54) is 16.9 Å². The molecule has 6 nitrogen and oxygen atoms in total. The summed E-state index contributed by atoms with van der Waals surface area (Å²) in [7, 11) is 0. The van der Waals surface area contributed by atoms with Gasteiger partial charge in [-0.1, -0.05) is 19.1 Å². The van der Waals surface area contributed by atoms with Crippen LogP contribution in [0.5, 0.6) is 0 Å². The minimum atomic E-state index is 0.0670. The molecule has 0 atom stereocenters. The van der Waals surface area contributed by atoms with E-state index in [0.29, 0.717) is 32.6 Å². The number of nitrogens with zero attached hydrogens (tertiary/aromatic N) is 3. The fourth-order valence-corrected chi connectivity index (χ4v) is 3.66. The van der Waals surface area contributed by atoms with E-state index in [-0.39, 0.29) is 11.8 Å². The number of hydrogen-bond acceptors (Lipinski definition) is 5. The molecule has 1 N–H and O–H groups in total. The van der Waals surface area contributed by atoms with Crippen LogP contribution in [0.1, 0.15) is 25.1 Å². The van der Waals surface area contributed by atoms with E-state index < -0.39 is 0 Å². The Morgan fingerprint density at radius 2 is 1.77 bits per heavy atom. The van der Waals surface area contributed by atoms with Crippen molar-refractivity contribution in [3.05, 3.63) is 40.9 Å². The number of piperazine rings is 1. The number of carbonyl (C=O) groups is 2. The maximum absolute atomic E-state index is 12.4. The van der Waals surface area contributed by atoms with E-state index in [9.17, 15) is 9.59 Å². The summed E-state index contributed by atoms with van der Waals surface area (Å²) in [6.45, 7) is 6.11. The van der Waals surface area contributed by atoms with E-state index in [1.54, 1.807) is 11.8 Å². The lowest BCUT2D eigenvalue weighted by Crippen LogP contribution is -2.50. The molecule has 1 aromatic heterocycles.